The van der Waals surface area contributed by atoms with Crippen molar-refractivity contribution in [3.63, 3.8) is 0 Å². The molecule has 2 aliphatic heterocycles. The maximum atomic E-state index is 12.8. The first-order chi connectivity index (χ1) is 11.1. The van der Waals surface area contributed by atoms with E-state index in [1.807, 2.05) is 0 Å². The highest BCUT2D eigenvalue weighted by Gasteiger charge is 2.35. The second kappa shape index (κ2) is 6.78. The summed E-state index contributed by atoms with van der Waals surface area (Å²) in [5.74, 6) is -0.698. The predicted octanol–water partition coefficient (Wildman–Crippen LogP) is 2.44. The van der Waals surface area contributed by atoms with Gasteiger partial charge >= 0.3 is 0 Å². The maximum absolute atomic E-state index is 12.8. The second-order valence-electron chi connectivity index (χ2n) is 5.41. The molecule has 0 atom stereocenters. The first-order valence-corrected chi connectivity index (χ1v) is 8.10. The Balaban J connectivity index is 1.90. The molecule has 1 aromatic rings. The molecule has 2 saturated heterocycles. The number of nitrogens with one attached hydrogen (secondary N) is 1. The third-order valence-electron chi connectivity index (χ3n) is 3.85. The van der Waals surface area contributed by atoms with Gasteiger partial charge < -0.3 is 4.74 Å². The molecule has 0 aliphatic carbocycles. The zero-order valence-electron chi connectivity index (χ0n) is 12.3. The highest BCUT2D eigenvalue weighted by molar-refractivity contribution is 7.80. The molecular weight excluding hydrogens is 336 g/mol. The van der Waals surface area contributed by atoms with Crippen LogP contribution in [-0.4, -0.2) is 30.1 Å². The van der Waals surface area contributed by atoms with Crippen LogP contribution in [0.4, 0.5) is 5.69 Å². The molecule has 0 radical (unpaired) electrons. The van der Waals surface area contributed by atoms with E-state index in [9.17, 15) is 9.59 Å². The fraction of sp³-hybridized carbons (Fsp3) is 0.312. The Morgan fingerprint density at radius 1 is 1.22 bits per heavy atom. The summed E-state index contributed by atoms with van der Waals surface area (Å²) in [5, 5.41) is 3.21. The zero-order valence-corrected chi connectivity index (χ0v) is 13.8. The van der Waals surface area contributed by atoms with Gasteiger partial charge in [0.05, 0.1) is 5.69 Å². The van der Waals surface area contributed by atoms with Crippen molar-refractivity contribution in [3.05, 3.63) is 40.9 Å². The summed E-state index contributed by atoms with van der Waals surface area (Å²) in [6.45, 7) is 1.28. The molecule has 0 aromatic heterocycles. The number of nitrogens with zero attached hydrogens (tertiary/aromatic N) is 1. The lowest BCUT2D eigenvalue weighted by Gasteiger charge is -2.30. The van der Waals surface area contributed by atoms with Crippen LogP contribution in [0.1, 0.15) is 12.8 Å². The van der Waals surface area contributed by atoms with Gasteiger partial charge in [0.2, 0.25) is 0 Å². The summed E-state index contributed by atoms with van der Waals surface area (Å²) in [4.78, 5) is 26.2. The van der Waals surface area contributed by atoms with Crippen molar-refractivity contribution >= 4 is 46.4 Å². The minimum atomic E-state index is -0.447. The molecule has 1 aromatic carbocycles. The summed E-state index contributed by atoms with van der Waals surface area (Å²) in [6, 6.07) is 6.72. The van der Waals surface area contributed by atoms with Gasteiger partial charge in [-0.25, -0.2) is 0 Å². The fourth-order valence-corrected chi connectivity index (χ4v) is 3.03. The Morgan fingerprint density at radius 2 is 1.87 bits per heavy atom. The minimum absolute atomic E-state index is 0.0754. The third kappa shape index (κ3) is 3.44. The smallest absolute Gasteiger partial charge is 0.269 e. The van der Waals surface area contributed by atoms with Crippen LogP contribution in [0.15, 0.2) is 35.9 Å². The lowest BCUT2D eigenvalue weighted by Crippen LogP contribution is -2.54. The highest BCUT2D eigenvalue weighted by Crippen LogP contribution is 2.25. The van der Waals surface area contributed by atoms with Gasteiger partial charge in [-0.1, -0.05) is 17.7 Å². The molecule has 2 aliphatic rings. The van der Waals surface area contributed by atoms with Gasteiger partial charge in [0, 0.05) is 18.2 Å². The normalized spacial score (nSPS) is 21.7. The lowest BCUT2D eigenvalue weighted by molar-refractivity contribution is -0.122. The third-order valence-corrected chi connectivity index (χ3v) is 4.39. The predicted molar refractivity (Wildman–Crippen MR) is 91.3 cm³/mol. The average molecular weight is 351 g/mol. The number of hydrogen-bond acceptors (Lipinski definition) is 4. The number of anilines is 1. The van der Waals surface area contributed by atoms with Crippen LogP contribution in [0, 0.1) is 5.92 Å². The number of carbonyl (C=O) groups is 2. The molecule has 3 rings (SSSR count). The quantitative estimate of drug-likeness (QED) is 0.505. The van der Waals surface area contributed by atoms with Crippen molar-refractivity contribution in [2.45, 2.75) is 12.8 Å². The van der Waals surface area contributed by atoms with Crippen molar-refractivity contribution in [2.24, 2.45) is 5.92 Å². The van der Waals surface area contributed by atoms with E-state index >= 15 is 0 Å². The number of allylic oxidation sites excluding steroid dienone is 1. The number of amides is 2. The van der Waals surface area contributed by atoms with Gasteiger partial charge in [0.25, 0.3) is 11.8 Å². The van der Waals surface area contributed by atoms with Gasteiger partial charge in [-0.15, -0.1) is 0 Å². The Morgan fingerprint density at radius 3 is 2.52 bits per heavy atom. The van der Waals surface area contributed by atoms with Crippen molar-refractivity contribution in [1.82, 2.24) is 5.32 Å². The number of carbonyl (C=O) groups excluding carboxylic acids is 2. The van der Waals surface area contributed by atoms with E-state index in [0.29, 0.717) is 23.9 Å². The fourth-order valence-electron chi connectivity index (χ4n) is 2.62. The largest absolute Gasteiger partial charge is 0.381 e. The molecule has 23 heavy (non-hydrogen) atoms. The van der Waals surface area contributed by atoms with Gasteiger partial charge in [-0.2, -0.15) is 0 Å². The van der Waals surface area contributed by atoms with Gasteiger partial charge in [-0.05, 0) is 55.2 Å². The molecular formula is C16H15ClN2O3S. The summed E-state index contributed by atoms with van der Waals surface area (Å²) in [6.07, 6.45) is 3.34. The van der Waals surface area contributed by atoms with Crippen LogP contribution in [0.25, 0.3) is 0 Å². The first-order valence-electron chi connectivity index (χ1n) is 7.31. The Labute approximate surface area is 144 Å². The lowest BCUT2D eigenvalue weighted by atomic mass is 9.96. The molecule has 7 heteroatoms. The summed E-state index contributed by atoms with van der Waals surface area (Å²) in [7, 11) is 0. The minimum Gasteiger partial charge on any atom is -0.381 e. The number of benzene rings is 1. The first kappa shape index (κ1) is 16.1. The number of hydrogen-bond donors (Lipinski definition) is 1. The van der Waals surface area contributed by atoms with Crippen LogP contribution < -0.4 is 10.2 Å². The highest BCUT2D eigenvalue weighted by atomic mass is 35.5. The molecule has 0 bridgehead atoms. The summed E-state index contributed by atoms with van der Waals surface area (Å²) >= 11 is 11.0. The van der Waals surface area contributed by atoms with Crippen LogP contribution in [0.3, 0.4) is 0 Å². The Bertz CT molecular complexity index is 681. The van der Waals surface area contributed by atoms with Gasteiger partial charge in [0.1, 0.15) is 5.57 Å². The van der Waals surface area contributed by atoms with E-state index in [-0.39, 0.29) is 16.6 Å². The van der Waals surface area contributed by atoms with Gasteiger partial charge in [-0.3, -0.25) is 19.8 Å². The van der Waals surface area contributed by atoms with Crippen LogP contribution >= 0.6 is 23.8 Å². The number of ether oxygens (including phenoxy) is 1. The molecule has 0 spiro atoms. The van der Waals surface area contributed by atoms with Crippen LogP contribution in [0.2, 0.25) is 5.02 Å². The second-order valence-corrected chi connectivity index (χ2v) is 6.23. The van der Waals surface area contributed by atoms with E-state index in [0.717, 1.165) is 12.8 Å². The number of halogens is 1. The summed E-state index contributed by atoms with van der Waals surface area (Å²) < 4.78 is 5.30. The molecule has 1 N–H and O–H groups in total. The molecule has 120 valence electrons. The van der Waals surface area contributed by atoms with Gasteiger partial charge in [0.15, 0.2) is 5.11 Å². The molecule has 0 unspecified atom stereocenters. The molecule has 2 heterocycles. The average Bonchev–Trinajstić information content (AvgIpc) is 2.54. The number of rotatable bonds is 2. The topological polar surface area (TPSA) is 58.6 Å². The van der Waals surface area contributed by atoms with E-state index in [1.165, 1.54) is 4.90 Å². The van der Waals surface area contributed by atoms with E-state index < -0.39 is 11.8 Å². The van der Waals surface area contributed by atoms with E-state index in [2.05, 4.69) is 5.32 Å². The van der Waals surface area contributed by atoms with Crippen molar-refractivity contribution in [3.8, 4) is 0 Å². The molecule has 2 amide bonds. The summed E-state index contributed by atoms with van der Waals surface area (Å²) in [5.41, 5.74) is 0.697. The van der Waals surface area contributed by atoms with Crippen LogP contribution in [0.5, 0.6) is 0 Å². The maximum Gasteiger partial charge on any atom is 0.269 e. The molecule has 0 saturated carbocycles. The SMILES string of the molecule is O=C1NC(=S)N(c2ccc(Cl)cc2)C(=O)/C1=C\C1CCOCC1. The molecule has 5 nitrogen and oxygen atoms in total. The van der Waals surface area contributed by atoms with Crippen LogP contribution in [-0.2, 0) is 14.3 Å². The number of thiocarbonyl (C=S) groups is 1. The van der Waals surface area contributed by atoms with Crippen molar-refractivity contribution in [2.75, 3.05) is 18.1 Å². The van der Waals surface area contributed by atoms with Crippen molar-refractivity contribution in [1.29, 1.82) is 0 Å². The van der Waals surface area contributed by atoms with Crippen molar-refractivity contribution < 1.29 is 14.3 Å². The standard InChI is InChI=1S/C16H15ClN2O3S/c17-11-1-3-12(4-2-11)19-15(21)13(14(20)18-16(19)23)9-10-5-7-22-8-6-10/h1-4,9-10H,5-8H2,(H,18,20,23)/b13-9-. The molecule has 2 fully saturated rings. The van der Waals surface area contributed by atoms with E-state index in [4.69, 9.17) is 28.6 Å². The Hall–Kier alpha value is -1.76. The monoisotopic (exact) mass is 350 g/mol. The van der Waals surface area contributed by atoms with E-state index in [1.54, 1.807) is 30.3 Å². The zero-order chi connectivity index (χ0) is 16.4. The Kier molecular flexibility index (Phi) is 4.75.